The highest BCUT2D eigenvalue weighted by Gasteiger charge is 2.19. The van der Waals surface area contributed by atoms with Gasteiger partial charge in [0.05, 0.1) is 5.69 Å². The first-order chi connectivity index (χ1) is 14.7. The van der Waals surface area contributed by atoms with Crippen LogP contribution in [0.25, 0.3) is 11.5 Å². The van der Waals surface area contributed by atoms with Gasteiger partial charge in [-0.3, -0.25) is 4.99 Å². The fraction of sp³-hybridized carbons (Fsp3) is 0.333. The van der Waals surface area contributed by atoms with Crippen LogP contribution in [0, 0.1) is 6.92 Å². The summed E-state index contributed by atoms with van der Waals surface area (Å²) in [4.78, 5) is 13.8. The monoisotopic (exact) mass is 403 g/mol. The SMILES string of the molecule is CN=C(NCCc1coc(-c2ccc(C)cc2)n1)N1CCN(c2ccccc2)CC1. The summed E-state index contributed by atoms with van der Waals surface area (Å²) in [5.41, 5.74) is 4.47. The van der Waals surface area contributed by atoms with Gasteiger partial charge in [0.2, 0.25) is 5.89 Å². The van der Waals surface area contributed by atoms with Crippen molar-refractivity contribution in [2.75, 3.05) is 44.7 Å². The molecule has 1 N–H and O–H groups in total. The minimum absolute atomic E-state index is 0.673. The van der Waals surface area contributed by atoms with Gasteiger partial charge in [0, 0.05) is 57.4 Å². The average Bonchev–Trinajstić information content (AvgIpc) is 3.27. The molecular weight excluding hydrogens is 374 g/mol. The van der Waals surface area contributed by atoms with E-state index >= 15 is 0 Å². The van der Waals surface area contributed by atoms with Gasteiger partial charge in [-0.2, -0.15) is 0 Å². The molecule has 6 nitrogen and oxygen atoms in total. The summed E-state index contributed by atoms with van der Waals surface area (Å²) in [6.45, 7) is 6.74. The number of anilines is 1. The Morgan fingerprint density at radius 2 is 1.77 bits per heavy atom. The molecule has 156 valence electrons. The maximum absolute atomic E-state index is 5.66. The number of oxazole rings is 1. The predicted molar refractivity (Wildman–Crippen MR) is 122 cm³/mol. The molecule has 0 aliphatic carbocycles. The van der Waals surface area contributed by atoms with E-state index in [0.717, 1.165) is 56.4 Å². The van der Waals surface area contributed by atoms with E-state index < -0.39 is 0 Å². The van der Waals surface area contributed by atoms with E-state index in [1.54, 1.807) is 6.26 Å². The van der Waals surface area contributed by atoms with Crippen LogP contribution < -0.4 is 10.2 Å². The summed E-state index contributed by atoms with van der Waals surface area (Å²) < 4.78 is 5.66. The van der Waals surface area contributed by atoms with Crippen molar-refractivity contribution in [1.82, 2.24) is 15.2 Å². The molecule has 1 aromatic heterocycles. The second-order valence-electron chi connectivity index (χ2n) is 7.54. The smallest absolute Gasteiger partial charge is 0.226 e. The molecule has 2 heterocycles. The summed E-state index contributed by atoms with van der Waals surface area (Å²) in [5, 5.41) is 3.47. The van der Waals surface area contributed by atoms with E-state index in [4.69, 9.17) is 4.42 Å². The van der Waals surface area contributed by atoms with Gasteiger partial charge in [0.1, 0.15) is 6.26 Å². The number of nitrogens with zero attached hydrogens (tertiary/aromatic N) is 4. The Morgan fingerprint density at radius 3 is 2.47 bits per heavy atom. The number of aromatic nitrogens is 1. The number of piperazine rings is 1. The molecular formula is C24H29N5O. The predicted octanol–water partition coefficient (Wildman–Crippen LogP) is 3.59. The number of hydrogen-bond acceptors (Lipinski definition) is 4. The van der Waals surface area contributed by atoms with Gasteiger partial charge in [-0.15, -0.1) is 0 Å². The normalized spacial score (nSPS) is 14.8. The molecule has 6 heteroatoms. The van der Waals surface area contributed by atoms with E-state index in [2.05, 4.69) is 74.5 Å². The van der Waals surface area contributed by atoms with Crippen molar-refractivity contribution >= 4 is 11.6 Å². The van der Waals surface area contributed by atoms with Crippen LogP contribution >= 0.6 is 0 Å². The van der Waals surface area contributed by atoms with E-state index in [1.807, 2.05) is 19.2 Å². The third-order valence-corrected chi connectivity index (χ3v) is 5.43. The van der Waals surface area contributed by atoms with Crippen LogP contribution in [0.5, 0.6) is 0 Å². The Morgan fingerprint density at radius 1 is 1.03 bits per heavy atom. The summed E-state index contributed by atoms with van der Waals surface area (Å²) >= 11 is 0. The highest BCUT2D eigenvalue weighted by atomic mass is 16.3. The fourth-order valence-corrected chi connectivity index (χ4v) is 3.70. The van der Waals surface area contributed by atoms with Crippen LogP contribution in [0.2, 0.25) is 0 Å². The first kappa shape index (κ1) is 20.0. The molecule has 1 aliphatic heterocycles. The van der Waals surface area contributed by atoms with Crippen molar-refractivity contribution in [1.29, 1.82) is 0 Å². The van der Waals surface area contributed by atoms with Gasteiger partial charge in [-0.25, -0.2) is 4.98 Å². The Hall–Kier alpha value is -3.28. The minimum atomic E-state index is 0.673. The third kappa shape index (κ3) is 4.82. The first-order valence-corrected chi connectivity index (χ1v) is 10.5. The van der Waals surface area contributed by atoms with Gasteiger partial charge in [0.15, 0.2) is 5.96 Å². The van der Waals surface area contributed by atoms with Crippen molar-refractivity contribution in [2.45, 2.75) is 13.3 Å². The van der Waals surface area contributed by atoms with Crippen molar-refractivity contribution < 1.29 is 4.42 Å². The molecule has 0 unspecified atom stereocenters. The number of nitrogens with one attached hydrogen (secondary N) is 1. The summed E-state index contributed by atoms with van der Waals surface area (Å²) in [6.07, 6.45) is 2.54. The Labute approximate surface area is 178 Å². The van der Waals surface area contributed by atoms with Crippen LogP contribution in [0.3, 0.4) is 0 Å². The molecule has 0 amide bonds. The summed E-state index contributed by atoms with van der Waals surface area (Å²) in [7, 11) is 1.84. The molecule has 0 bridgehead atoms. The average molecular weight is 404 g/mol. The Balaban J connectivity index is 1.26. The molecule has 30 heavy (non-hydrogen) atoms. The number of guanidine groups is 1. The van der Waals surface area contributed by atoms with Gasteiger partial charge in [0.25, 0.3) is 0 Å². The molecule has 0 spiro atoms. The molecule has 0 atom stereocenters. The lowest BCUT2D eigenvalue weighted by atomic mass is 10.1. The highest BCUT2D eigenvalue weighted by molar-refractivity contribution is 5.80. The van der Waals surface area contributed by atoms with Crippen LogP contribution in [-0.2, 0) is 6.42 Å². The lowest BCUT2D eigenvalue weighted by Crippen LogP contribution is -2.52. The van der Waals surface area contributed by atoms with E-state index in [0.29, 0.717) is 5.89 Å². The zero-order valence-electron chi connectivity index (χ0n) is 17.7. The lowest BCUT2D eigenvalue weighted by molar-refractivity contribution is 0.373. The largest absolute Gasteiger partial charge is 0.444 e. The second kappa shape index (κ2) is 9.48. The number of para-hydroxylation sites is 1. The van der Waals surface area contributed by atoms with Crippen molar-refractivity contribution in [3.05, 3.63) is 72.1 Å². The highest BCUT2D eigenvalue weighted by Crippen LogP contribution is 2.19. The number of hydrogen-bond donors (Lipinski definition) is 1. The Bertz CT molecular complexity index is 957. The molecule has 4 rings (SSSR count). The maximum Gasteiger partial charge on any atom is 0.226 e. The number of rotatable bonds is 5. The van der Waals surface area contributed by atoms with Crippen molar-refractivity contribution in [3.8, 4) is 11.5 Å². The first-order valence-electron chi connectivity index (χ1n) is 10.5. The zero-order chi connectivity index (χ0) is 20.8. The van der Waals surface area contributed by atoms with Crippen LogP contribution in [0.15, 0.2) is 70.3 Å². The van der Waals surface area contributed by atoms with Crippen LogP contribution in [-0.4, -0.2) is 55.6 Å². The van der Waals surface area contributed by atoms with E-state index in [9.17, 15) is 0 Å². The number of aliphatic imine (C=N–C) groups is 1. The summed E-state index contributed by atoms with van der Waals surface area (Å²) in [6, 6.07) is 18.8. The molecule has 2 aromatic carbocycles. The van der Waals surface area contributed by atoms with Crippen LogP contribution in [0.1, 0.15) is 11.3 Å². The van der Waals surface area contributed by atoms with Gasteiger partial charge in [-0.1, -0.05) is 35.9 Å². The fourth-order valence-electron chi connectivity index (χ4n) is 3.70. The molecule has 3 aromatic rings. The topological polar surface area (TPSA) is 56.9 Å². The maximum atomic E-state index is 5.66. The Kier molecular flexibility index (Phi) is 6.32. The van der Waals surface area contributed by atoms with Gasteiger partial charge < -0.3 is 19.5 Å². The van der Waals surface area contributed by atoms with E-state index in [-0.39, 0.29) is 0 Å². The molecule has 0 radical (unpaired) electrons. The van der Waals surface area contributed by atoms with Crippen molar-refractivity contribution in [2.24, 2.45) is 4.99 Å². The molecule has 1 saturated heterocycles. The molecule has 1 aliphatic rings. The number of benzene rings is 2. The lowest BCUT2D eigenvalue weighted by Gasteiger charge is -2.37. The third-order valence-electron chi connectivity index (χ3n) is 5.43. The van der Waals surface area contributed by atoms with Gasteiger partial charge in [-0.05, 0) is 31.2 Å². The van der Waals surface area contributed by atoms with Gasteiger partial charge >= 0.3 is 0 Å². The molecule has 0 saturated carbocycles. The second-order valence-corrected chi connectivity index (χ2v) is 7.54. The number of aryl methyl sites for hydroxylation is 1. The van der Waals surface area contributed by atoms with E-state index in [1.165, 1.54) is 11.3 Å². The van der Waals surface area contributed by atoms with Crippen molar-refractivity contribution in [3.63, 3.8) is 0 Å². The quantitative estimate of drug-likeness (QED) is 0.521. The summed E-state index contributed by atoms with van der Waals surface area (Å²) in [5.74, 6) is 1.62. The standard InChI is InChI=1S/C24H29N5O/c1-19-8-10-20(11-9-19)23-27-21(18-30-23)12-13-26-24(25-2)29-16-14-28(15-17-29)22-6-4-3-5-7-22/h3-11,18H,12-17H2,1-2H3,(H,25,26). The van der Waals surface area contributed by atoms with Crippen LogP contribution in [0.4, 0.5) is 5.69 Å². The molecule has 1 fully saturated rings. The zero-order valence-corrected chi connectivity index (χ0v) is 17.7. The minimum Gasteiger partial charge on any atom is -0.444 e.